The fraction of sp³-hybridized carbons (Fsp3) is 0.575. The molecule has 2 aliphatic heterocycles. The summed E-state index contributed by atoms with van der Waals surface area (Å²) in [6.45, 7) is 16.8. The second-order valence-electron chi connectivity index (χ2n) is 15.4. The van der Waals surface area contributed by atoms with Crippen molar-refractivity contribution in [1.82, 2.24) is 25.8 Å². The van der Waals surface area contributed by atoms with Gasteiger partial charge in [-0.3, -0.25) is 28.9 Å². The van der Waals surface area contributed by atoms with Crippen LogP contribution in [0.25, 0.3) is 0 Å². The van der Waals surface area contributed by atoms with Gasteiger partial charge in [-0.15, -0.1) is 24.2 Å². The first-order valence-electron chi connectivity index (χ1n) is 18.6. The van der Waals surface area contributed by atoms with E-state index in [1.807, 2.05) is 97.0 Å². The molecule has 0 radical (unpaired) electrons. The summed E-state index contributed by atoms with van der Waals surface area (Å²) in [5.74, 6) is -1.84. The Morgan fingerprint density at radius 1 is 0.945 bits per heavy atom. The second-order valence-corrected chi connectivity index (χ2v) is 17.0. The number of thioether (sulfide) groups is 1. The summed E-state index contributed by atoms with van der Waals surface area (Å²) < 4.78 is 16.6. The highest BCUT2D eigenvalue weighted by molar-refractivity contribution is 8.00. The molecule has 2 fully saturated rings. The first-order valence-corrected chi connectivity index (χ1v) is 19.6. The van der Waals surface area contributed by atoms with E-state index in [-0.39, 0.29) is 56.0 Å². The van der Waals surface area contributed by atoms with Crippen LogP contribution in [-0.4, -0.2) is 120 Å². The molecule has 2 aliphatic rings. The summed E-state index contributed by atoms with van der Waals surface area (Å²) in [7, 11) is 0. The van der Waals surface area contributed by atoms with Crippen molar-refractivity contribution in [3.8, 4) is 5.75 Å². The van der Waals surface area contributed by atoms with Crippen molar-refractivity contribution >= 4 is 53.8 Å². The molecule has 15 heteroatoms. The smallest absolute Gasteiger partial charge is 0.307 e. The van der Waals surface area contributed by atoms with Gasteiger partial charge in [-0.1, -0.05) is 48.5 Å². The highest BCUT2D eigenvalue weighted by Crippen LogP contribution is 2.40. The number of nitrogens with zero attached hydrogens (tertiary/aromatic N) is 2. The van der Waals surface area contributed by atoms with Gasteiger partial charge in [0, 0.05) is 42.9 Å². The maximum Gasteiger partial charge on any atom is 0.307 e. The molecule has 4 rings (SSSR count). The van der Waals surface area contributed by atoms with Crippen LogP contribution in [0.5, 0.6) is 5.75 Å². The van der Waals surface area contributed by atoms with Crippen LogP contribution in [0.15, 0.2) is 48.5 Å². The molecule has 2 saturated heterocycles. The number of para-hydroxylation sites is 1. The molecular formula is C40H58ClN5O8S. The number of carbonyl (C=O) groups excluding carboxylic acids is 5. The summed E-state index contributed by atoms with van der Waals surface area (Å²) in [6, 6.07) is 13.0. The highest BCUT2D eigenvalue weighted by atomic mass is 35.5. The summed E-state index contributed by atoms with van der Waals surface area (Å²) >= 11 is 1.44. The van der Waals surface area contributed by atoms with Gasteiger partial charge >= 0.3 is 5.97 Å². The van der Waals surface area contributed by atoms with Crippen LogP contribution in [0.1, 0.15) is 64.2 Å². The molecule has 0 aliphatic carbocycles. The summed E-state index contributed by atoms with van der Waals surface area (Å²) in [6.07, 6.45) is -1.83. The van der Waals surface area contributed by atoms with Gasteiger partial charge in [0.1, 0.15) is 11.8 Å². The number of carbonyl (C=O) groups is 5. The first-order chi connectivity index (χ1) is 25.5. The molecule has 0 bridgehead atoms. The lowest BCUT2D eigenvalue weighted by atomic mass is 9.96. The SMILES string of the molecule is Cc1cccc(C)c1OCC(=O)N[C@@H](Cc1ccccc1)[C@H](OC(=O)CCC(=O)NCCN1CCOCC1)C(=O)N1CSC(C)(C)[C@H]1C(=O)NC(C)(C)C.Cl. The van der Waals surface area contributed by atoms with Crippen molar-refractivity contribution in [1.29, 1.82) is 0 Å². The van der Waals surface area contributed by atoms with Crippen LogP contribution in [0.2, 0.25) is 0 Å². The first kappa shape index (κ1) is 45.5. The quantitative estimate of drug-likeness (QED) is 0.215. The van der Waals surface area contributed by atoms with E-state index in [9.17, 15) is 24.0 Å². The van der Waals surface area contributed by atoms with Gasteiger partial charge in [0.05, 0.1) is 31.6 Å². The Morgan fingerprint density at radius 3 is 2.24 bits per heavy atom. The molecule has 4 amide bonds. The molecule has 2 aromatic rings. The molecular weight excluding hydrogens is 746 g/mol. The van der Waals surface area contributed by atoms with Crippen molar-refractivity contribution in [2.24, 2.45) is 0 Å². The molecule has 55 heavy (non-hydrogen) atoms. The number of hydrogen-bond acceptors (Lipinski definition) is 10. The Bertz CT molecular complexity index is 1600. The molecule has 13 nitrogen and oxygen atoms in total. The third kappa shape index (κ3) is 14.0. The van der Waals surface area contributed by atoms with Gasteiger partial charge in [-0.05, 0) is 71.6 Å². The van der Waals surface area contributed by atoms with Crippen molar-refractivity contribution in [3.05, 3.63) is 65.2 Å². The van der Waals surface area contributed by atoms with E-state index in [4.69, 9.17) is 14.2 Å². The zero-order valence-electron chi connectivity index (χ0n) is 33.1. The molecule has 0 unspecified atom stereocenters. The minimum atomic E-state index is -1.52. The predicted molar refractivity (Wildman–Crippen MR) is 215 cm³/mol. The molecule has 0 spiro atoms. The Labute approximate surface area is 335 Å². The lowest BCUT2D eigenvalue weighted by Gasteiger charge is -2.36. The van der Waals surface area contributed by atoms with Crippen molar-refractivity contribution in [2.45, 2.75) is 96.2 Å². The van der Waals surface area contributed by atoms with Gasteiger partial charge in [-0.25, -0.2) is 0 Å². The van der Waals surface area contributed by atoms with E-state index in [2.05, 4.69) is 20.9 Å². The largest absolute Gasteiger partial charge is 0.483 e. The van der Waals surface area contributed by atoms with Crippen molar-refractivity contribution in [2.75, 3.05) is 51.9 Å². The van der Waals surface area contributed by atoms with E-state index in [1.165, 1.54) is 16.7 Å². The molecule has 2 aromatic carbocycles. The standard InChI is InChI=1S/C40H57N5O8S.ClH/c1-27-12-11-13-28(2)34(27)52-25-32(47)42-30(24-29-14-9-8-10-15-29)35(38(50)45-26-54-40(6,7)36(45)37(49)43-39(3,4)5)53-33(48)17-16-31(46)41-18-19-44-20-22-51-23-21-44;/h8-15,30,35-36H,16-26H2,1-7H3,(H,41,46)(H,42,47)(H,43,49);1H/t30-,35-,36+;/m0./s1. The fourth-order valence-corrected chi connectivity index (χ4v) is 7.66. The molecule has 3 atom stereocenters. The summed E-state index contributed by atoms with van der Waals surface area (Å²) in [5.41, 5.74) is 1.95. The molecule has 0 aromatic heterocycles. The third-order valence-corrected chi connectivity index (χ3v) is 10.6. The predicted octanol–water partition coefficient (Wildman–Crippen LogP) is 3.57. The Morgan fingerprint density at radius 2 is 1.60 bits per heavy atom. The summed E-state index contributed by atoms with van der Waals surface area (Å²) in [5, 5.41) is 8.77. The van der Waals surface area contributed by atoms with E-state index in [0.717, 1.165) is 29.8 Å². The van der Waals surface area contributed by atoms with Gasteiger partial charge in [0.25, 0.3) is 11.8 Å². The molecule has 3 N–H and O–H groups in total. The van der Waals surface area contributed by atoms with Crippen LogP contribution in [0.3, 0.4) is 0 Å². The zero-order valence-corrected chi connectivity index (χ0v) is 34.7. The number of hydrogen-bond donors (Lipinski definition) is 3. The number of nitrogens with one attached hydrogen (secondary N) is 3. The number of morpholine rings is 1. The Balaban J connectivity index is 0.00000812. The molecule has 304 valence electrons. The number of ether oxygens (including phenoxy) is 3. The number of benzene rings is 2. The Kier molecular flexibility index (Phi) is 17.3. The van der Waals surface area contributed by atoms with E-state index in [1.54, 1.807) is 0 Å². The minimum absolute atomic E-state index is 0. The number of esters is 1. The number of rotatable bonds is 16. The Hall–Kier alpha value is -3.85. The van der Waals surface area contributed by atoms with Gasteiger partial charge < -0.3 is 35.1 Å². The van der Waals surface area contributed by atoms with E-state index in [0.29, 0.717) is 32.1 Å². The van der Waals surface area contributed by atoms with Crippen LogP contribution in [0, 0.1) is 13.8 Å². The maximum absolute atomic E-state index is 14.7. The monoisotopic (exact) mass is 803 g/mol. The molecule has 2 heterocycles. The molecule has 0 saturated carbocycles. The van der Waals surface area contributed by atoms with Crippen LogP contribution >= 0.6 is 24.2 Å². The van der Waals surface area contributed by atoms with Crippen molar-refractivity contribution in [3.63, 3.8) is 0 Å². The number of amides is 4. The highest BCUT2D eigenvalue weighted by Gasteiger charge is 2.51. The average molecular weight is 804 g/mol. The van der Waals surface area contributed by atoms with Crippen LogP contribution < -0.4 is 20.7 Å². The van der Waals surface area contributed by atoms with Gasteiger partial charge in [0.2, 0.25) is 17.9 Å². The third-order valence-electron chi connectivity index (χ3n) is 9.25. The maximum atomic E-state index is 14.7. The van der Waals surface area contributed by atoms with E-state index < -0.39 is 46.3 Å². The van der Waals surface area contributed by atoms with Gasteiger partial charge in [-0.2, -0.15) is 0 Å². The summed E-state index contributed by atoms with van der Waals surface area (Å²) in [4.78, 5) is 72.0. The van der Waals surface area contributed by atoms with Gasteiger partial charge in [0.15, 0.2) is 6.61 Å². The van der Waals surface area contributed by atoms with E-state index >= 15 is 0 Å². The zero-order chi connectivity index (χ0) is 39.5. The second kappa shape index (κ2) is 20.9. The average Bonchev–Trinajstić information content (AvgIpc) is 3.44. The normalized spacial score (nSPS) is 17.9. The number of halogens is 1. The number of aryl methyl sites for hydroxylation is 2. The van der Waals surface area contributed by atoms with Crippen LogP contribution in [-0.2, 0) is 39.9 Å². The topological polar surface area (TPSA) is 156 Å². The lowest BCUT2D eigenvalue weighted by molar-refractivity contribution is -0.164. The minimum Gasteiger partial charge on any atom is -0.483 e. The van der Waals surface area contributed by atoms with Crippen LogP contribution in [0.4, 0.5) is 0 Å². The van der Waals surface area contributed by atoms with Crippen molar-refractivity contribution < 1.29 is 38.2 Å². The fourth-order valence-electron chi connectivity index (χ4n) is 6.52. The lowest BCUT2D eigenvalue weighted by Crippen LogP contribution is -2.61.